The van der Waals surface area contributed by atoms with Gasteiger partial charge in [-0.3, -0.25) is 15.3 Å². The fourth-order valence-corrected chi connectivity index (χ4v) is 10.6. The predicted octanol–water partition coefficient (Wildman–Crippen LogP) is 1.02. The monoisotopic (exact) mass is 704 g/mol. The van der Waals surface area contributed by atoms with Gasteiger partial charge in [-0.15, -0.1) is 0 Å². The minimum absolute atomic E-state index is 0.000801. The highest BCUT2D eigenvalue weighted by Gasteiger charge is 2.42. The van der Waals surface area contributed by atoms with Gasteiger partial charge in [0.25, 0.3) is 0 Å². The van der Waals surface area contributed by atoms with Crippen molar-refractivity contribution in [3.63, 3.8) is 0 Å². The smallest absolute Gasteiger partial charge is 0.150 e. The summed E-state index contributed by atoms with van der Waals surface area (Å²) in [6, 6.07) is 0.413. The molecule has 5 rings (SSSR count). The molecule has 2 saturated heterocycles. The molecule has 0 aromatic carbocycles. The molecule has 3 aliphatic carbocycles. The summed E-state index contributed by atoms with van der Waals surface area (Å²) in [6.07, 6.45) is 11.9. The lowest BCUT2D eigenvalue weighted by atomic mass is 9.68. The molecule has 2 aliphatic heterocycles. The van der Waals surface area contributed by atoms with E-state index in [1.54, 1.807) is 7.11 Å². The number of aliphatic hydroxyl groups excluding tert-OH is 4. The Hall–Kier alpha value is -1.42. The average Bonchev–Trinajstić information content (AvgIpc) is 3.16. The number of hydrogen-bond donors (Lipinski definition) is 7. The van der Waals surface area contributed by atoms with Crippen LogP contribution in [0.3, 0.4) is 0 Å². The van der Waals surface area contributed by atoms with Crippen LogP contribution >= 0.6 is 0 Å². The second kappa shape index (κ2) is 19.6. The minimum atomic E-state index is -0.848. The summed E-state index contributed by atoms with van der Waals surface area (Å²) < 4.78 is 5.63. The molecule has 0 aromatic rings. The van der Waals surface area contributed by atoms with Crippen molar-refractivity contribution in [2.75, 3.05) is 26.8 Å². The van der Waals surface area contributed by atoms with Gasteiger partial charge < -0.3 is 35.8 Å². The number of nitrogens with two attached hydrogens (primary N) is 3. The van der Waals surface area contributed by atoms with E-state index >= 15 is 0 Å². The molecule has 0 radical (unpaired) electrons. The first-order chi connectivity index (χ1) is 24.1. The van der Waals surface area contributed by atoms with E-state index in [0.29, 0.717) is 93.3 Å². The average molecular weight is 704 g/mol. The first-order valence-electron chi connectivity index (χ1n) is 20.3. The Balaban J connectivity index is 1.19. The third-order valence-electron chi connectivity index (χ3n) is 13.6. The molecular formula is C40H69N3O7+2. The number of rotatable bonds is 15. The molecular weight excluding hydrogens is 634 g/mol. The molecule has 284 valence electrons. The molecule has 50 heavy (non-hydrogen) atoms. The van der Waals surface area contributed by atoms with Crippen LogP contribution in [-0.4, -0.2) is 95.4 Å². The normalized spacial score (nSPS) is 38.3. The first-order valence-corrected chi connectivity index (χ1v) is 20.3. The maximum Gasteiger partial charge on any atom is 0.150 e. The van der Waals surface area contributed by atoms with Crippen LogP contribution in [0.15, 0.2) is 0 Å². The summed E-state index contributed by atoms with van der Waals surface area (Å²) in [7, 11) is 1.64. The van der Waals surface area contributed by atoms with Crippen molar-refractivity contribution in [3.8, 4) is 11.8 Å². The van der Waals surface area contributed by atoms with Gasteiger partial charge in [0, 0.05) is 50.7 Å². The molecule has 0 amide bonds. The van der Waals surface area contributed by atoms with Gasteiger partial charge in [0.2, 0.25) is 0 Å². The minimum Gasteiger partial charge on any atom is -0.396 e. The van der Waals surface area contributed by atoms with Gasteiger partial charge in [-0.1, -0.05) is 18.3 Å². The van der Waals surface area contributed by atoms with Crippen LogP contribution < -0.4 is 16.4 Å². The molecule has 2 heterocycles. The quantitative estimate of drug-likeness (QED) is 0.123. The third kappa shape index (κ3) is 11.1. The number of ketones is 2. The SMILES string of the molecule is COC1CC2CCC(=O)[C@@H]([C@H](O)CCC[C@H](CCO)[C@H]3C[NH2+][C@@H]4CC(=O)CC[C@H]4C3)C#C[C@@H](CC[C@H](O)CCC3CC[NH2+]C(N)C3)C2CC1O. The van der Waals surface area contributed by atoms with Crippen LogP contribution in [0.25, 0.3) is 0 Å². The van der Waals surface area contributed by atoms with Gasteiger partial charge in [0.1, 0.15) is 23.7 Å². The van der Waals surface area contributed by atoms with Crippen molar-refractivity contribution in [1.82, 2.24) is 0 Å². The standard InChI is InChI=1S/C40H67N3O7/c1-50-39-21-28-9-14-37(48)33(36(47)4-2-3-26(16-18-44)30-20-29-7-12-32(46)22-35(29)43-24-30)13-8-27(34(28)23-38(39)49)6-11-31(45)10-5-25-15-17-42-40(41)19-25/h25-31,33-36,38-40,42-45,47,49H,2-7,9-12,14-24,41H2,1H3/p+2/t25?,26-,27-,28?,29+,30-,31-,33-,34?,35-,36-,38?,39?,40?/m1/s1. The molecule has 10 heteroatoms. The van der Waals surface area contributed by atoms with E-state index in [1.165, 1.54) is 0 Å². The Morgan fingerprint density at radius 2 is 1.72 bits per heavy atom. The van der Waals surface area contributed by atoms with E-state index < -0.39 is 24.2 Å². The number of Topliss-reactive ketones (excluding diaryl/α,β-unsaturated/α-hetero) is 2. The lowest BCUT2D eigenvalue weighted by Crippen LogP contribution is -2.95. The molecule has 10 N–H and O–H groups in total. The summed E-state index contributed by atoms with van der Waals surface area (Å²) in [5.41, 5.74) is 6.15. The predicted molar refractivity (Wildman–Crippen MR) is 190 cm³/mol. The van der Waals surface area contributed by atoms with Crippen LogP contribution in [0.5, 0.6) is 0 Å². The van der Waals surface area contributed by atoms with Gasteiger partial charge in [-0.25, -0.2) is 0 Å². The van der Waals surface area contributed by atoms with E-state index in [1.807, 2.05) is 0 Å². The van der Waals surface area contributed by atoms with Gasteiger partial charge in [0.05, 0.1) is 50.0 Å². The maximum absolute atomic E-state index is 13.6. The van der Waals surface area contributed by atoms with Crippen molar-refractivity contribution < 1.29 is 45.4 Å². The Bertz CT molecular complexity index is 1140. The molecule has 2 saturated carbocycles. The Labute approximate surface area is 300 Å². The summed E-state index contributed by atoms with van der Waals surface area (Å²) >= 11 is 0. The summed E-state index contributed by atoms with van der Waals surface area (Å²) in [5, 5.41) is 47.9. The largest absolute Gasteiger partial charge is 0.396 e. The number of aliphatic hydroxyl groups is 4. The number of quaternary nitrogens is 2. The van der Waals surface area contributed by atoms with E-state index in [2.05, 4.69) is 22.5 Å². The zero-order valence-corrected chi connectivity index (χ0v) is 30.7. The summed E-state index contributed by atoms with van der Waals surface area (Å²) in [6.45, 7) is 2.18. The zero-order chi connectivity index (χ0) is 35.6. The van der Waals surface area contributed by atoms with Crippen LogP contribution in [0.4, 0.5) is 0 Å². The number of piperidine rings is 2. The molecule has 0 aromatic heterocycles. The van der Waals surface area contributed by atoms with Crippen molar-refractivity contribution in [2.24, 2.45) is 53.1 Å². The summed E-state index contributed by atoms with van der Waals surface area (Å²) in [4.78, 5) is 25.6. The van der Waals surface area contributed by atoms with Crippen LogP contribution in [0.2, 0.25) is 0 Å². The Morgan fingerprint density at radius 3 is 2.50 bits per heavy atom. The van der Waals surface area contributed by atoms with Crippen molar-refractivity contribution in [3.05, 3.63) is 0 Å². The second-order valence-electron chi connectivity index (χ2n) is 16.9. The fraction of sp³-hybridized carbons (Fsp3) is 0.900. The van der Waals surface area contributed by atoms with E-state index in [9.17, 15) is 30.0 Å². The van der Waals surface area contributed by atoms with Gasteiger partial charge in [-0.05, 0) is 107 Å². The molecule has 10 nitrogen and oxygen atoms in total. The highest BCUT2D eigenvalue weighted by Crippen LogP contribution is 2.42. The number of carbonyl (C=O) groups is 2. The number of ether oxygens (including phenoxy) is 1. The number of methoxy groups -OCH3 is 1. The van der Waals surface area contributed by atoms with E-state index in [-0.39, 0.29) is 42.4 Å². The molecule has 5 aliphatic rings. The Kier molecular flexibility index (Phi) is 15.6. The van der Waals surface area contributed by atoms with Crippen LogP contribution in [0, 0.1) is 59.2 Å². The summed E-state index contributed by atoms with van der Waals surface area (Å²) in [5.74, 6) is 8.59. The van der Waals surface area contributed by atoms with Crippen molar-refractivity contribution in [2.45, 2.75) is 152 Å². The maximum atomic E-state index is 13.6. The fourth-order valence-electron chi connectivity index (χ4n) is 10.6. The highest BCUT2D eigenvalue weighted by molar-refractivity contribution is 5.84. The van der Waals surface area contributed by atoms with Crippen molar-refractivity contribution >= 4 is 11.6 Å². The first kappa shape index (κ1) is 39.8. The third-order valence-corrected chi connectivity index (χ3v) is 13.6. The molecule has 14 atom stereocenters. The molecule has 6 unspecified atom stereocenters. The zero-order valence-electron chi connectivity index (χ0n) is 30.7. The highest BCUT2D eigenvalue weighted by atomic mass is 16.5. The van der Waals surface area contributed by atoms with Gasteiger partial charge in [0.15, 0.2) is 0 Å². The van der Waals surface area contributed by atoms with Crippen LogP contribution in [-0.2, 0) is 14.3 Å². The van der Waals surface area contributed by atoms with Gasteiger partial charge >= 0.3 is 0 Å². The number of carbonyl (C=O) groups excluding carboxylic acids is 2. The second-order valence-corrected chi connectivity index (χ2v) is 16.9. The lowest BCUT2D eigenvalue weighted by molar-refractivity contribution is -0.712. The van der Waals surface area contributed by atoms with Gasteiger partial charge in [-0.2, -0.15) is 0 Å². The molecule has 0 spiro atoms. The Morgan fingerprint density at radius 1 is 0.920 bits per heavy atom. The lowest BCUT2D eigenvalue weighted by Gasteiger charge is -2.41. The van der Waals surface area contributed by atoms with Crippen LogP contribution in [0.1, 0.15) is 116 Å². The van der Waals surface area contributed by atoms with E-state index in [4.69, 9.17) is 10.5 Å². The molecule has 4 fully saturated rings. The van der Waals surface area contributed by atoms with E-state index in [0.717, 1.165) is 70.9 Å². The van der Waals surface area contributed by atoms with Crippen molar-refractivity contribution in [1.29, 1.82) is 0 Å². The number of fused-ring (bicyclic) bond motifs is 2. The number of hydrogen-bond acceptors (Lipinski definition) is 8. The molecule has 0 bridgehead atoms. The topological polar surface area (TPSA) is 184 Å².